The van der Waals surface area contributed by atoms with Gasteiger partial charge in [0, 0.05) is 11.8 Å². The van der Waals surface area contributed by atoms with Gasteiger partial charge in [-0.25, -0.2) is 17.2 Å². The van der Waals surface area contributed by atoms with E-state index in [-0.39, 0.29) is 21.6 Å². The van der Waals surface area contributed by atoms with Gasteiger partial charge >= 0.3 is 6.18 Å². The Morgan fingerprint density at radius 2 is 1.36 bits per heavy atom. The molecule has 0 atom stereocenters. The van der Waals surface area contributed by atoms with Gasteiger partial charge in [-0.05, 0) is 78.9 Å². The number of ether oxygens (including phenoxy) is 1. The number of halogens is 7. The summed E-state index contributed by atoms with van der Waals surface area (Å²) in [5.41, 5.74) is -1.51. The van der Waals surface area contributed by atoms with Gasteiger partial charge in [-0.15, -0.1) is 0 Å². The second kappa shape index (κ2) is 12.2. The molecule has 0 saturated heterocycles. The molecule has 0 aliphatic carbocycles. The van der Waals surface area contributed by atoms with Crippen LogP contribution in [0.3, 0.4) is 0 Å². The second-order valence-corrected chi connectivity index (χ2v) is 11.5. The van der Waals surface area contributed by atoms with E-state index in [2.05, 4.69) is 10.6 Å². The van der Waals surface area contributed by atoms with E-state index in [1.807, 2.05) is 0 Å². The van der Waals surface area contributed by atoms with Crippen LogP contribution < -0.4 is 15.4 Å². The number of benzene rings is 4. The zero-order valence-corrected chi connectivity index (χ0v) is 23.7. The molecular formula is C27H15Cl2F5N2O4S2. The average Bonchev–Trinajstić information content (AvgIpc) is 2.89. The first kappa shape index (κ1) is 31.2. The van der Waals surface area contributed by atoms with E-state index in [9.17, 15) is 35.2 Å². The molecule has 1 amide bonds. The number of rotatable bonds is 6. The standard InChI is InChI=1S/C27H15Cl2F5N2O4S2/c28-18-12-14(27(32,33)34)4-10-22(18)42(38,39)23-11-9-17(13-19(23)29)40-16-7-5-15(6-8-16)35-26(41)36-25(37)24-20(30)2-1-3-21(24)31/h1-13H,(H2,35,36,37,41). The maximum atomic E-state index is 13.8. The lowest BCUT2D eigenvalue weighted by Gasteiger charge is -2.13. The fourth-order valence-electron chi connectivity index (χ4n) is 3.56. The maximum absolute atomic E-state index is 13.8. The molecule has 0 aromatic heterocycles. The topological polar surface area (TPSA) is 84.5 Å². The van der Waals surface area contributed by atoms with Gasteiger partial charge in [-0.1, -0.05) is 29.3 Å². The highest BCUT2D eigenvalue weighted by Gasteiger charge is 2.33. The van der Waals surface area contributed by atoms with Crippen LogP contribution in [0.5, 0.6) is 11.5 Å². The Labute approximate surface area is 250 Å². The number of anilines is 1. The summed E-state index contributed by atoms with van der Waals surface area (Å²) in [6.45, 7) is 0. The molecule has 6 nitrogen and oxygen atoms in total. The van der Waals surface area contributed by atoms with Crippen molar-refractivity contribution >= 4 is 62.0 Å². The molecular weight excluding hydrogens is 646 g/mol. The summed E-state index contributed by atoms with van der Waals surface area (Å²) in [6, 6.07) is 14.5. The Bertz CT molecular complexity index is 1780. The van der Waals surface area contributed by atoms with Gasteiger partial charge < -0.3 is 10.1 Å². The van der Waals surface area contributed by atoms with Crippen molar-refractivity contribution < 1.29 is 39.9 Å². The first-order chi connectivity index (χ1) is 19.7. The zero-order chi connectivity index (χ0) is 30.8. The van der Waals surface area contributed by atoms with Crippen LogP contribution in [0.1, 0.15) is 15.9 Å². The van der Waals surface area contributed by atoms with E-state index in [0.29, 0.717) is 17.8 Å². The number of hydrogen-bond acceptors (Lipinski definition) is 5. The second-order valence-electron chi connectivity index (χ2n) is 8.37. The minimum atomic E-state index is -4.71. The van der Waals surface area contributed by atoms with Crippen molar-refractivity contribution in [3.8, 4) is 11.5 Å². The molecule has 0 radical (unpaired) electrons. The van der Waals surface area contributed by atoms with Gasteiger partial charge in [0.2, 0.25) is 9.84 Å². The third-order valence-corrected chi connectivity index (χ3v) is 8.43. The van der Waals surface area contributed by atoms with Crippen LogP contribution in [0.2, 0.25) is 10.0 Å². The number of carbonyl (C=O) groups excluding carboxylic acids is 1. The van der Waals surface area contributed by atoms with Gasteiger partial charge in [0.25, 0.3) is 5.91 Å². The Balaban J connectivity index is 1.43. The molecule has 4 rings (SSSR count). The quantitative estimate of drug-likeness (QED) is 0.161. The Kier molecular flexibility index (Phi) is 9.06. The maximum Gasteiger partial charge on any atom is 0.416 e. The molecule has 0 bridgehead atoms. The molecule has 15 heteroatoms. The van der Waals surface area contributed by atoms with Crippen LogP contribution in [-0.2, 0) is 16.0 Å². The molecule has 218 valence electrons. The Hall–Kier alpha value is -3.78. The minimum Gasteiger partial charge on any atom is -0.457 e. The summed E-state index contributed by atoms with van der Waals surface area (Å²) in [5.74, 6) is -2.77. The lowest BCUT2D eigenvalue weighted by atomic mass is 10.2. The number of thiocarbonyl (C=S) groups is 1. The van der Waals surface area contributed by atoms with Crippen molar-refractivity contribution in [3.63, 3.8) is 0 Å². The summed E-state index contributed by atoms with van der Waals surface area (Å²) in [5, 5.41) is 3.74. The molecule has 0 spiro atoms. The van der Waals surface area contributed by atoms with Crippen molar-refractivity contribution in [2.24, 2.45) is 0 Å². The van der Waals surface area contributed by atoms with Crippen molar-refractivity contribution in [2.75, 3.05) is 5.32 Å². The Morgan fingerprint density at radius 1 is 0.810 bits per heavy atom. The molecule has 0 saturated carbocycles. The van der Waals surface area contributed by atoms with Crippen molar-refractivity contribution in [1.82, 2.24) is 5.32 Å². The first-order valence-electron chi connectivity index (χ1n) is 11.4. The highest BCUT2D eigenvalue weighted by Crippen LogP contribution is 2.38. The predicted molar refractivity (Wildman–Crippen MR) is 150 cm³/mol. The van der Waals surface area contributed by atoms with E-state index in [1.54, 1.807) is 0 Å². The van der Waals surface area contributed by atoms with E-state index >= 15 is 0 Å². The van der Waals surface area contributed by atoms with E-state index < -0.39 is 59.5 Å². The van der Waals surface area contributed by atoms with Crippen molar-refractivity contribution in [2.45, 2.75) is 16.0 Å². The summed E-state index contributed by atoms with van der Waals surface area (Å²) < 4.78 is 98.1. The molecule has 0 unspecified atom stereocenters. The molecule has 42 heavy (non-hydrogen) atoms. The molecule has 4 aromatic rings. The lowest BCUT2D eigenvalue weighted by molar-refractivity contribution is -0.137. The average molecular weight is 661 g/mol. The molecule has 4 aromatic carbocycles. The number of carbonyl (C=O) groups is 1. The smallest absolute Gasteiger partial charge is 0.416 e. The molecule has 0 fully saturated rings. The number of amides is 1. The largest absolute Gasteiger partial charge is 0.457 e. The van der Waals surface area contributed by atoms with Crippen LogP contribution >= 0.6 is 35.4 Å². The summed E-state index contributed by atoms with van der Waals surface area (Å²) in [6.07, 6.45) is -4.71. The Morgan fingerprint density at radius 3 is 1.90 bits per heavy atom. The SMILES string of the molecule is O=C(NC(=S)Nc1ccc(Oc2ccc(S(=O)(=O)c3ccc(C(F)(F)F)cc3Cl)c(Cl)c2)cc1)c1c(F)cccc1F. The fourth-order valence-corrected chi connectivity index (χ4v) is 6.10. The predicted octanol–water partition coefficient (Wildman–Crippen LogP) is 8.04. The van der Waals surface area contributed by atoms with Gasteiger partial charge in [-0.2, -0.15) is 13.2 Å². The third kappa shape index (κ3) is 6.98. The van der Waals surface area contributed by atoms with Gasteiger partial charge in [0.15, 0.2) is 5.11 Å². The van der Waals surface area contributed by atoms with E-state index in [0.717, 1.165) is 30.3 Å². The summed E-state index contributed by atoms with van der Waals surface area (Å²) in [7, 11) is -4.38. The highest BCUT2D eigenvalue weighted by molar-refractivity contribution is 7.91. The molecule has 0 heterocycles. The molecule has 0 aliphatic heterocycles. The minimum absolute atomic E-state index is 0.132. The van der Waals surface area contributed by atoms with E-state index in [1.165, 1.54) is 36.4 Å². The molecule has 0 aliphatic rings. The molecule has 2 N–H and O–H groups in total. The van der Waals surface area contributed by atoms with Crippen LogP contribution in [0.25, 0.3) is 0 Å². The number of hydrogen-bond donors (Lipinski definition) is 2. The van der Waals surface area contributed by atoms with E-state index in [4.69, 9.17) is 40.2 Å². The van der Waals surface area contributed by atoms with Crippen LogP contribution in [0.15, 0.2) is 88.7 Å². The lowest BCUT2D eigenvalue weighted by Crippen LogP contribution is -2.35. The highest BCUT2D eigenvalue weighted by atomic mass is 35.5. The number of nitrogens with one attached hydrogen (secondary N) is 2. The first-order valence-corrected chi connectivity index (χ1v) is 14.1. The van der Waals surface area contributed by atoms with Crippen LogP contribution in [-0.4, -0.2) is 19.4 Å². The van der Waals surface area contributed by atoms with Crippen LogP contribution in [0, 0.1) is 11.6 Å². The summed E-state index contributed by atoms with van der Waals surface area (Å²) in [4.78, 5) is 11.2. The monoisotopic (exact) mass is 660 g/mol. The van der Waals surface area contributed by atoms with Crippen molar-refractivity contribution in [1.29, 1.82) is 0 Å². The van der Waals surface area contributed by atoms with Gasteiger partial charge in [0.05, 0.1) is 25.4 Å². The van der Waals surface area contributed by atoms with Crippen molar-refractivity contribution in [3.05, 3.63) is 112 Å². The normalized spacial score (nSPS) is 11.6. The third-order valence-electron chi connectivity index (χ3n) is 5.51. The number of sulfone groups is 1. The van der Waals surface area contributed by atoms with Gasteiger partial charge in [0.1, 0.15) is 28.7 Å². The summed E-state index contributed by atoms with van der Waals surface area (Å²) >= 11 is 17.1. The van der Waals surface area contributed by atoms with Crippen LogP contribution in [0.4, 0.5) is 27.6 Å². The zero-order valence-electron chi connectivity index (χ0n) is 20.6. The fraction of sp³-hybridized carbons (Fsp3) is 0.0370. The number of alkyl halides is 3. The van der Waals surface area contributed by atoms with Gasteiger partial charge in [-0.3, -0.25) is 10.1 Å².